The molecule has 0 aromatic rings. The number of aliphatic hydroxyl groups is 1. The van der Waals surface area contributed by atoms with Gasteiger partial charge in [0, 0.05) is 26.2 Å². The van der Waals surface area contributed by atoms with Crippen molar-refractivity contribution in [1.29, 1.82) is 0 Å². The summed E-state index contributed by atoms with van der Waals surface area (Å²) in [6, 6.07) is 0. The zero-order valence-electron chi connectivity index (χ0n) is 13.0. The molecular weight excluding hydrogens is 236 g/mol. The van der Waals surface area contributed by atoms with E-state index < -0.39 is 0 Å². The molecule has 0 radical (unpaired) electrons. The molecule has 0 amide bonds. The van der Waals surface area contributed by atoms with Gasteiger partial charge >= 0.3 is 0 Å². The van der Waals surface area contributed by atoms with Gasteiger partial charge < -0.3 is 15.3 Å². The molecule has 3 nitrogen and oxygen atoms in total. The van der Waals surface area contributed by atoms with Gasteiger partial charge in [0.2, 0.25) is 0 Å². The zero-order chi connectivity index (χ0) is 13.9. The first-order valence-electron chi connectivity index (χ1n) is 8.10. The number of nitrogens with zero attached hydrogens (tertiary/aromatic N) is 1. The molecule has 19 heavy (non-hydrogen) atoms. The van der Waals surface area contributed by atoms with Crippen LogP contribution in [0.3, 0.4) is 0 Å². The molecule has 112 valence electrons. The lowest BCUT2D eigenvalue weighted by atomic mass is 9.69. The highest BCUT2D eigenvalue weighted by atomic mass is 16.3. The van der Waals surface area contributed by atoms with Gasteiger partial charge in [0.1, 0.15) is 0 Å². The van der Waals surface area contributed by atoms with E-state index in [9.17, 15) is 5.11 Å². The number of likely N-dealkylation sites (tertiary alicyclic amines) is 1. The molecule has 1 heterocycles. The molecule has 1 saturated heterocycles. The Morgan fingerprint density at radius 1 is 1.32 bits per heavy atom. The van der Waals surface area contributed by atoms with Crippen molar-refractivity contribution in [3.05, 3.63) is 0 Å². The second-order valence-corrected chi connectivity index (χ2v) is 7.30. The van der Waals surface area contributed by atoms with Crippen molar-refractivity contribution >= 4 is 0 Å². The van der Waals surface area contributed by atoms with E-state index in [1.54, 1.807) is 0 Å². The molecule has 2 fully saturated rings. The summed E-state index contributed by atoms with van der Waals surface area (Å²) in [6.07, 6.45) is 6.39. The van der Waals surface area contributed by atoms with E-state index >= 15 is 0 Å². The fourth-order valence-corrected chi connectivity index (χ4v) is 4.34. The first-order chi connectivity index (χ1) is 9.04. The normalized spacial score (nSPS) is 41.4. The van der Waals surface area contributed by atoms with E-state index in [2.05, 4.69) is 31.1 Å². The van der Waals surface area contributed by atoms with E-state index in [-0.39, 0.29) is 6.10 Å². The van der Waals surface area contributed by atoms with Crippen LogP contribution in [0.1, 0.15) is 46.0 Å². The van der Waals surface area contributed by atoms with Crippen LogP contribution in [0.5, 0.6) is 0 Å². The van der Waals surface area contributed by atoms with Crippen LogP contribution >= 0.6 is 0 Å². The van der Waals surface area contributed by atoms with Gasteiger partial charge in [0.25, 0.3) is 0 Å². The van der Waals surface area contributed by atoms with Gasteiger partial charge in [-0.25, -0.2) is 0 Å². The molecule has 4 unspecified atom stereocenters. The molecule has 2 N–H and O–H groups in total. The van der Waals surface area contributed by atoms with Gasteiger partial charge in [-0.3, -0.25) is 0 Å². The van der Waals surface area contributed by atoms with Crippen molar-refractivity contribution in [2.45, 2.75) is 52.1 Å². The molecule has 0 spiro atoms. The Balaban J connectivity index is 1.96. The Labute approximate surface area is 118 Å². The smallest absolute Gasteiger partial charge is 0.0590 e. The molecule has 0 aromatic carbocycles. The van der Waals surface area contributed by atoms with Crippen LogP contribution in [-0.2, 0) is 0 Å². The fourth-order valence-electron chi connectivity index (χ4n) is 4.34. The molecule has 1 aliphatic carbocycles. The van der Waals surface area contributed by atoms with Gasteiger partial charge in [0.15, 0.2) is 0 Å². The monoisotopic (exact) mass is 268 g/mol. The summed E-state index contributed by atoms with van der Waals surface area (Å²) < 4.78 is 0. The lowest BCUT2D eigenvalue weighted by Crippen LogP contribution is -2.50. The average Bonchev–Trinajstić information content (AvgIpc) is 2.34. The highest BCUT2D eigenvalue weighted by Gasteiger charge is 2.37. The second-order valence-electron chi connectivity index (χ2n) is 7.30. The van der Waals surface area contributed by atoms with Gasteiger partial charge in [-0.1, -0.05) is 26.7 Å². The number of hydrogen-bond acceptors (Lipinski definition) is 3. The van der Waals surface area contributed by atoms with E-state index in [1.165, 1.54) is 32.2 Å². The Hall–Kier alpha value is -0.120. The molecule has 0 aromatic heterocycles. The standard InChI is InChI=1S/C16H32N2O/c1-13-5-4-7-16(9-13,11-17-3)12-18-8-6-15(19)14(2)10-18/h13-15,17,19H,4-12H2,1-3H3. The molecule has 1 aliphatic heterocycles. The van der Waals surface area contributed by atoms with Crippen LogP contribution in [0.25, 0.3) is 0 Å². The SMILES string of the molecule is CNCC1(CN2CCC(O)C(C)C2)CCCC(C)C1. The number of piperidine rings is 1. The van der Waals surface area contributed by atoms with Gasteiger partial charge in [0.05, 0.1) is 6.10 Å². The number of hydrogen-bond donors (Lipinski definition) is 2. The van der Waals surface area contributed by atoms with Crippen molar-refractivity contribution in [1.82, 2.24) is 10.2 Å². The molecule has 2 rings (SSSR count). The van der Waals surface area contributed by atoms with Crippen LogP contribution in [0.2, 0.25) is 0 Å². The van der Waals surface area contributed by atoms with E-state index in [4.69, 9.17) is 0 Å². The molecule has 1 saturated carbocycles. The summed E-state index contributed by atoms with van der Waals surface area (Å²) >= 11 is 0. The topological polar surface area (TPSA) is 35.5 Å². The van der Waals surface area contributed by atoms with Gasteiger partial charge in [-0.05, 0) is 43.6 Å². The Bertz CT molecular complexity index is 280. The minimum Gasteiger partial charge on any atom is -0.393 e. The number of nitrogens with one attached hydrogen (secondary N) is 1. The van der Waals surface area contributed by atoms with Crippen molar-refractivity contribution < 1.29 is 5.11 Å². The third-order valence-corrected chi connectivity index (χ3v) is 5.24. The van der Waals surface area contributed by atoms with Gasteiger partial charge in [-0.2, -0.15) is 0 Å². The predicted octanol–water partition coefficient (Wildman–Crippen LogP) is 2.10. The minimum absolute atomic E-state index is 0.0817. The molecular formula is C16H32N2O. The summed E-state index contributed by atoms with van der Waals surface area (Å²) in [4.78, 5) is 2.60. The van der Waals surface area contributed by atoms with Crippen LogP contribution in [-0.4, -0.2) is 49.3 Å². The Kier molecular flexibility index (Phi) is 5.27. The van der Waals surface area contributed by atoms with Crippen LogP contribution in [0, 0.1) is 17.3 Å². The van der Waals surface area contributed by atoms with Crippen molar-refractivity contribution in [3.63, 3.8) is 0 Å². The highest BCUT2D eigenvalue weighted by Crippen LogP contribution is 2.40. The quantitative estimate of drug-likeness (QED) is 0.820. The van der Waals surface area contributed by atoms with E-state index in [0.29, 0.717) is 11.3 Å². The average molecular weight is 268 g/mol. The van der Waals surface area contributed by atoms with Crippen LogP contribution in [0.4, 0.5) is 0 Å². The van der Waals surface area contributed by atoms with Crippen LogP contribution in [0.15, 0.2) is 0 Å². The zero-order valence-corrected chi connectivity index (χ0v) is 13.0. The lowest BCUT2D eigenvalue weighted by molar-refractivity contribution is 0.00395. The Morgan fingerprint density at radius 3 is 2.74 bits per heavy atom. The number of rotatable bonds is 4. The third-order valence-electron chi connectivity index (χ3n) is 5.24. The lowest BCUT2D eigenvalue weighted by Gasteiger charge is -2.45. The first-order valence-corrected chi connectivity index (χ1v) is 8.10. The summed E-state index contributed by atoms with van der Waals surface area (Å²) in [7, 11) is 2.09. The predicted molar refractivity (Wildman–Crippen MR) is 80.2 cm³/mol. The van der Waals surface area contributed by atoms with Gasteiger partial charge in [-0.15, -0.1) is 0 Å². The summed E-state index contributed by atoms with van der Waals surface area (Å²) in [6.45, 7) is 9.10. The molecule has 0 bridgehead atoms. The summed E-state index contributed by atoms with van der Waals surface area (Å²) in [5, 5.41) is 13.3. The molecule has 4 atom stereocenters. The maximum absolute atomic E-state index is 9.87. The summed E-state index contributed by atoms with van der Waals surface area (Å²) in [5.41, 5.74) is 0.467. The Morgan fingerprint density at radius 2 is 2.11 bits per heavy atom. The first kappa shape index (κ1) is 15.3. The van der Waals surface area contributed by atoms with Crippen molar-refractivity contribution in [2.75, 3.05) is 33.2 Å². The van der Waals surface area contributed by atoms with E-state index in [0.717, 1.165) is 32.0 Å². The van der Waals surface area contributed by atoms with E-state index in [1.807, 2.05) is 0 Å². The minimum atomic E-state index is -0.0817. The molecule has 3 heteroatoms. The van der Waals surface area contributed by atoms with Crippen LogP contribution < -0.4 is 5.32 Å². The highest BCUT2D eigenvalue weighted by molar-refractivity contribution is 4.91. The second kappa shape index (κ2) is 6.55. The maximum Gasteiger partial charge on any atom is 0.0590 e. The largest absolute Gasteiger partial charge is 0.393 e. The van der Waals surface area contributed by atoms with Crippen molar-refractivity contribution in [3.8, 4) is 0 Å². The summed E-state index contributed by atoms with van der Waals surface area (Å²) in [5.74, 6) is 1.30. The van der Waals surface area contributed by atoms with Crippen molar-refractivity contribution in [2.24, 2.45) is 17.3 Å². The maximum atomic E-state index is 9.87. The molecule has 2 aliphatic rings. The third kappa shape index (κ3) is 3.93. The number of aliphatic hydroxyl groups excluding tert-OH is 1. The fraction of sp³-hybridized carbons (Fsp3) is 1.00.